The summed E-state index contributed by atoms with van der Waals surface area (Å²) in [6.07, 6.45) is 0. The highest BCUT2D eigenvalue weighted by atomic mass is 35.5. The molecule has 14 heavy (non-hydrogen) atoms. The monoisotopic (exact) mass is 253 g/mol. The minimum Gasteiger partial charge on any atom is -0.480 e. The van der Waals surface area contributed by atoms with Gasteiger partial charge in [0.2, 0.25) is 0 Å². The zero-order chi connectivity index (χ0) is 10.9. The van der Waals surface area contributed by atoms with Crippen molar-refractivity contribution in [3.05, 3.63) is 32.8 Å². The van der Waals surface area contributed by atoms with Crippen LogP contribution in [-0.2, 0) is 4.79 Å². The van der Waals surface area contributed by atoms with Gasteiger partial charge in [-0.15, -0.1) is 0 Å². The maximum atomic E-state index is 10.6. The molecule has 0 aliphatic rings. The number of hydrogen-bond donors (Lipinski definition) is 2. The fourth-order valence-electron chi connectivity index (χ4n) is 0.935. The van der Waals surface area contributed by atoms with Crippen LogP contribution in [-0.4, -0.2) is 11.1 Å². The Balaban J connectivity index is 3.26. The van der Waals surface area contributed by atoms with Crippen LogP contribution in [0.25, 0.3) is 0 Å². The summed E-state index contributed by atoms with van der Waals surface area (Å²) in [5, 5.41) is 9.27. The third kappa shape index (κ3) is 2.30. The van der Waals surface area contributed by atoms with Gasteiger partial charge in [0.1, 0.15) is 6.04 Å². The van der Waals surface area contributed by atoms with Crippen LogP contribution in [0.4, 0.5) is 0 Å². The molecule has 1 atom stereocenters. The van der Waals surface area contributed by atoms with Gasteiger partial charge in [-0.2, -0.15) is 0 Å². The minimum absolute atomic E-state index is 0.117. The summed E-state index contributed by atoms with van der Waals surface area (Å²) in [6.45, 7) is 0. The quantitative estimate of drug-likeness (QED) is 0.798. The van der Waals surface area contributed by atoms with Crippen molar-refractivity contribution in [3.8, 4) is 0 Å². The second-order valence-electron chi connectivity index (χ2n) is 2.61. The molecule has 0 radical (unpaired) electrons. The second-order valence-corrected chi connectivity index (χ2v) is 3.83. The van der Waals surface area contributed by atoms with Crippen LogP contribution in [0, 0.1) is 0 Å². The number of carbonyl (C=O) groups is 1. The van der Waals surface area contributed by atoms with Crippen LogP contribution < -0.4 is 5.73 Å². The van der Waals surface area contributed by atoms with Gasteiger partial charge in [-0.3, -0.25) is 4.79 Å². The number of rotatable bonds is 2. The molecule has 0 bridgehead atoms. The molecule has 0 aromatic heterocycles. The summed E-state index contributed by atoms with van der Waals surface area (Å²) >= 11 is 17.2. The SMILES string of the molecule is N[C@@H](C(=O)O)c1cc(Cl)cc(Cl)c1Cl. The van der Waals surface area contributed by atoms with Gasteiger partial charge in [0.25, 0.3) is 0 Å². The summed E-state index contributed by atoms with van der Waals surface area (Å²) in [5.74, 6) is -1.19. The Bertz CT molecular complexity index is 381. The number of carboxylic acid groups (broad SMARTS) is 1. The normalized spacial score (nSPS) is 12.6. The third-order valence-electron chi connectivity index (χ3n) is 1.62. The molecule has 0 amide bonds. The highest BCUT2D eigenvalue weighted by molar-refractivity contribution is 6.43. The number of benzene rings is 1. The van der Waals surface area contributed by atoms with Crippen LogP contribution in [0.5, 0.6) is 0 Å². The van der Waals surface area contributed by atoms with Crippen LogP contribution in [0.1, 0.15) is 11.6 Å². The van der Waals surface area contributed by atoms with E-state index in [4.69, 9.17) is 45.6 Å². The van der Waals surface area contributed by atoms with Crippen molar-refractivity contribution >= 4 is 40.8 Å². The number of hydrogen-bond acceptors (Lipinski definition) is 2. The molecule has 0 spiro atoms. The van der Waals surface area contributed by atoms with Crippen LogP contribution in [0.3, 0.4) is 0 Å². The van der Waals surface area contributed by atoms with Crippen LogP contribution in [0.2, 0.25) is 15.1 Å². The minimum atomic E-state index is -1.22. The first-order chi connectivity index (χ1) is 6.43. The van der Waals surface area contributed by atoms with E-state index in [1.165, 1.54) is 12.1 Å². The van der Waals surface area contributed by atoms with E-state index in [-0.39, 0.29) is 15.6 Å². The zero-order valence-electron chi connectivity index (χ0n) is 6.80. The number of halogens is 3. The van der Waals surface area contributed by atoms with E-state index < -0.39 is 12.0 Å². The first-order valence-corrected chi connectivity index (χ1v) is 4.69. The molecule has 6 heteroatoms. The summed E-state index contributed by atoms with van der Waals surface area (Å²) in [6, 6.07) is 1.58. The standard InChI is InChI=1S/C8H6Cl3NO2/c9-3-1-4(7(12)8(13)14)6(11)5(10)2-3/h1-2,7H,12H2,(H,13,14)/t7-/m1/s1. The molecular weight excluding hydrogens is 248 g/mol. The average Bonchev–Trinajstić information content (AvgIpc) is 2.09. The fourth-order valence-corrected chi connectivity index (χ4v) is 1.67. The lowest BCUT2D eigenvalue weighted by Crippen LogP contribution is -2.21. The van der Waals surface area contributed by atoms with Gasteiger partial charge in [0.15, 0.2) is 0 Å². The Kier molecular flexibility index (Phi) is 3.61. The Labute approximate surface area is 95.4 Å². The van der Waals surface area contributed by atoms with Crippen molar-refractivity contribution in [1.82, 2.24) is 0 Å². The smallest absolute Gasteiger partial charge is 0.325 e. The Morgan fingerprint density at radius 3 is 2.43 bits per heavy atom. The van der Waals surface area contributed by atoms with Crippen LogP contribution in [0.15, 0.2) is 12.1 Å². The molecule has 0 saturated heterocycles. The number of nitrogens with two attached hydrogens (primary N) is 1. The van der Waals surface area contributed by atoms with Crippen LogP contribution >= 0.6 is 34.8 Å². The number of carboxylic acids is 1. The summed E-state index contributed by atoms with van der Waals surface area (Å²) < 4.78 is 0. The van der Waals surface area contributed by atoms with Crippen molar-refractivity contribution in [2.24, 2.45) is 5.73 Å². The van der Waals surface area contributed by atoms with Crippen molar-refractivity contribution in [3.63, 3.8) is 0 Å². The third-order valence-corrected chi connectivity index (χ3v) is 2.66. The molecular formula is C8H6Cl3NO2. The molecule has 76 valence electrons. The van der Waals surface area contributed by atoms with Crippen molar-refractivity contribution < 1.29 is 9.90 Å². The molecule has 1 aromatic rings. The first-order valence-electron chi connectivity index (χ1n) is 3.56. The van der Waals surface area contributed by atoms with Gasteiger partial charge in [-0.1, -0.05) is 34.8 Å². The summed E-state index contributed by atoms with van der Waals surface area (Å²) in [4.78, 5) is 10.6. The maximum Gasteiger partial charge on any atom is 0.325 e. The van der Waals surface area contributed by atoms with Gasteiger partial charge in [-0.05, 0) is 12.1 Å². The predicted octanol–water partition coefficient (Wildman–Crippen LogP) is 2.73. The van der Waals surface area contributed by atoms with E-state index in [1.54, 1.807) is 0 Å². The highest BCUT2D eigenvalue weighted by Gasteiger charge is 2.19. The zero-order valence-corrected chi connectivity index (χ0v) is 9.07. The maximum absolute atomic E-state index is 10.6. The second kappa shape index (κ2) is 4.36. The Morgan fingerprint density at radius 2 is 1.93 bits per heavy atom. The topological polar surface area (TPSA) is 63.3 Å². The molecule has 3 N–H and O–H groups in total. The lowest BCUT2D eigenvalue weighted by Gasteiger charge is -2.10. The van der Waals surface area contributed by atoms with E-state index in [2.05, 4.69) is 0 Å². The van der Waals surface area contributed by atoms with E-state index in [0.29, 0.717) is 5.02 Å². The van der Waals surface area contributed by atoms with Crippen molar-refractivity contribution in [2.45, 2.75) is 6.04 Å². The number of aliphatic carboxylic acids is 1. The Hall–Kier alpha value is -0.480. The van der Waals surface area contributed by atoms with Gasteiger partial charge in [-0.25, -0.2) is 0 Å². The molecule has 0 aliphatic heterocycles. The van der Waals surface area contributed by atoms with E-state index >= 15 is 0 Å². The van der Waals surface area contributed by atoms with Gasteiger partial charge < -0.3 is 10.8 Å². The summed E-state index contributed by atoms with van der Waals surface area (Å²) in [7, 11) is 0. The average molecular weight is 254 g/mol. The van der Waals surface area contributed by atoms with Crippen molar-refractivity contribution in [1.29, 1.82) is 0 Å². The molecule has 3 nitrogen and oxygen atoms in total. The molecule has 1 aromatic carbocycles. The summed E-state index contributed by atoms with van der Waals surface area (Å²) in [5.41, 5.74) is 5.58. The largest absolute Gasteiger partial charge is 0.480 e. The molecule has 0 heterocycles. The Morgan fingerprint density at radius 1 is 1.36 bits per heavy atom. The van der Waals surface area contributed by atoms with Crippen molar-refractivity contribution in [2.75, 3.05) is 0 Å². The molecule has 0 fully saturated rings. The van der Waals surface area contributed by atoms with Gasteiger partial charge >= 0.3 is 5.97 Å². The van der Waals surface area contributed by atoms with Gasteiger partial charge in [0, 0.05) is 10.6 Å². The van der Waals surface area contributed by atoms with E-state index in [1.807, 2.05) is 0 Å². The lowest BCUT2D eigenvalue weighted by atomic mass is 10.1. The van der Waals surface area contributed by atoms with E-state index in [0.717, 1.165) is 0 Å². The predicted molar refractivity (Wildman–Crippen MR) is 56.0 cm³/mol. The molecule has 1 rings (SSSR count). The van der Waals surface area contributed by atoms with E-state index in [9.17, 15) is 4.79 Å². The molecule has 0 unspecified atom stereocenters. The van der Waals surface area contributed by atoms with Gasteiger partial charge in [0.05, 0.1) is 10.0 Å². The molecule has 0 aliphatic carbocycles. The highest BCUT2D eigenvalue weighted by Crippen LogP contribution is 2.32. The fraction of sp³-hybridized carbons (Fsp3) is 0.125. The first kappa shape index (κ1) is 11.6. The lowest BCUT2D eigenvalue weighted by molar-refractivity contribution is -0.138. The molecule has 0 saturated carbocycles.